The monoisotopic (exact) mass is 268 g/mol. The van der Waals surface area contributed by atoms with Crippen LogP contribution in [-0.4, -0.2) is 38.3 Å². The molecule has 0 aromatic carbocycles. The second kappa shape index (κ2) is 9.98. The minimum Gasteiger partial charge on any atom is -0.376 e. The molecule has 0 spiro atoms. The van der Waals surface area contributed by atoms with E-state index in [0.717, 1.165) is 18.4 Å². The highest BCUT2D eigenvalue weighted by Gasteiger charge is 2.13. The molecule has 1 aliphatic carbocycles. The highest BCUT2D eigenvalue weighted by Crippen LogP contribution is 2.16. The fourth-order valence-corrected chi connectivity index (χ4v) is 2.30. The Balaban J connectivity index is 1.99. The van der Waals surface area contributed by atoms with E-state index in [1.54, 1.807) is 0 Å². The van der Waals surface area contributed by atoms with Gasteiger partial charge >= 0.3 is 0 Å². The third-order valence-electron chi connectivity index (χ3n) is 3.28. The number of hydrogen-bond acceptors (Lipinski definition) is 3. The van der Waals surface area contributed by atoms with Gasteiger partial charge in [0.25, 0.3) is 0 Å². The molecule has 1 amide bonds. The number of rotatable bonds is 8. The maximum atomic E-state index is 11.7. The molecule has 4 nitrogen and oxygen atoms in total. The van der Waals surface area contributed by atoms with Crippen molar-refractivity contribution < 1.29 is 9.53 Å². The molecule has 1 saturated carbocycles. The van der Waals surface area contributed by atoms with E-state index >= 15 is 0 Å². The van der Waals surface area contributed by atoms with Crippen molar-refractivity contribution in [1.82, 2.24) is 10.6 Å². The maximum absolute atomic E-state index is 11.7. The number of ether oxygens (including phenoxy) is 1. The van der Waals surface area contributed by atoms with Crippen molar-refractivity contribution in [3.8, 4) is 0 Å². The SMILES string of the molecule is C=C(C)COCCNCC(=O)NC1CCCCCC1. The van der Waals surface area contributed by atoms with Gasteiger partial charge in [0.05, 0.1) is 19.8 Å². The summed E-state index contributed by atoms with van der Waals surface area (Å²) in [5, 5.41) is 6.21. The van der Waals surface area contributed by atoms with Gasteiger partial charge in [0, 0.05) is 12.6 Å². The summed E-state index contributed by atoms with van der Waals surface area (Å²) in [6.45, 7) is 7.99. The van der Waals surface area contributed by atoms with Crippen molar-refractivity contribution >= 4 is 5.91 Å². The fourth-order valence-electron chi connectivity index (χ4n) is 2.30. The first-order valence-corrected chi connectivity index (χ1v) is 7.40. The third-order valence-corrected chi connectivity index (χ3v) is 3.28. The minimum absolute atomic E-state index is 0.104. The molecule has 1 fully saturated rings. The van der Waals surface area contributed by atoms with Gasteiger partial charge in [-0.2, -0.15) is 0 Å². The Morgan fingerprint density at radius 3 is 2.58 bits per heavy atom. The molecular weight excluding hydrogens is 240 g/mol. The summed E-state index contributed by atoms with van der Waals surface area (Å²) in [7, 11) is 0. The Morgan fingerprint density at radius 1 is 1.26 bits per heavy atom. The Morgan fingerprint density at radius 2 is 1.95 bits per heavy atom. The highest BCUT2D eigenvalue weighted by atomic mass is 16.5. The van der Waals surface area contributed by atoms with Crippen molar-refractivity contribution in [2.45, 2.75) is 51.5 Å². The quantitative estimate of drug-likeness (QED) is 0.402. The zero-order valence-electron chi connectivity index (χ0n) is 12.2. The normalized spacial score (nSPS) is 16.9. The summed E-state index contributed by atoms with van der Waals surface area (Å²) in [5.41, 5.74) is 1.02. The van der Waals surface area contributed by atoms with Gasteiger partial charge in [0.15, 0.2) is 0 Å². The summed E-state index contributed by atoms with van der Waals surface area (Å²) in [4.78, 5) is 11.7. The van der Waals surface area contributed by atoms with Crippen LogP contribution in [-0.2, 0) is 9.53 Å². The van der Waals surface area contributed by atoms with Gasteiger partial charge in [-0.1, -0.05) is 37.8 Å². The van der Waals surface area contributed by atoms with Crippen molar-refractivity contribution in [1.29, 1.82) is 0 Å². The van der Waals surface area contributed by atoms with Crippen molar-refractivity contribution in [2.75, 3.05) is 26.3 Å². The lowest BCUT2D eigenvalue weighted by molar-refractivity contribution is -0.121. The topological polar surface area (TPSA) is 50.4 Å². The zero-order chi connectivity index (χ0) is 13.9. The molecule has 0 unspecified atom stereocenters. The molecule has 0 saturated heterocycles. The summed E-state index contributed by atoms with van der Waals surface area (Å²) in [5.74, 6) is 0.104. The van der Waals surface area contributed by atoms with Gasteiger partial charge in [-0.05, 0) is 19.8 Å². The zero-order valence-corrected chi connectivity index (χ0v) is 12.2. The number of hydrogen-bond donors (Lipinski definition) is 2. The van der Waals surface area contributed by atoms with Crippen LogP contribution >= 0.6 is 0 Å². The van der Waals surface area contributed by atoms with E-state index in [2.05, 4.69) is 17.2 Å². The van der Waals surface area contributed by atoms with Crippen LogP contribution in [0.4, 0.5) is 0 Å². The third kappa shape index (κ3) is 8.78. The van der Waals surface area contributed by atoms with Crippen LogP contribution < -0.4 is 10.6 Å². The average molecular weight is 268 g/mol. The van der Waals surface area contributed by atoms with E-state index < -0.39 is 0 Å². The van der Waals surface area contributed by atoms with Crippen LogP contribution in [0.15, 0.2) is 12.2 Å². The molecule has 0 aromatic rings. The molecule has 2 N–H and O–H groups in total. The van der Waals surface area contributed by atoms with Crippen LogP contribution in [0.1, 0.15) is 45.4 Å². The van der Waals surface area contributed by atoms with Gasteiger partial charge < -0.3 is 15.4 Å². The Labute approximate surface area is 117 Å². The Hall–Kier alpha value is -0.870. The molecular formula is C15H28N2O2. The predicted octanol–water partition coefficient (Wildman–Crippen LogP) is 2.01. The number of amides is 1. The van der Waals surface area contributed by atoms with E-state index in [0.29, 0.717) is 32.3 Å². The van der Waals surface area contributed by atoms with Crippen molar-refractivity contribution in [2.24, 2.45) is 0 Å². The van der Waals surface area contributed by atoms with E-state index in [4.69, 9.17) is 4.74 Å². The van der Waals surface area contributed by atoms with Crippen LogP contribution in [0, 0.1) is 0 Å². The van der Waals surface area contributed by atoms with E-state index in [-0.39, 0.29) is 5.91 Å². The lowest BCUT2D eigenvalue weighted by Gasteiger charge is -2.16. The fraction of sp³-hybridized carbons (Fsp3) is 0.800. The standard InChI is InChI=1S/C15H28N2O2/c1-13(2)12-19-10-9-16-11-15(18)17-14-7-5-3-4-6-8-14/h14,16H,1,3-12H2,2H3,(H,17,18). The van der Waals surface area contributed by atoms with Crippen LogP contribution in [0.5, 0.6) is 0 Å². The molecule has 0 radical (unpaired) electrons. The average Bonchev–Trinajstić information content (AvgIpc) is 2.62. The lowest BCUT2D eigenvalue weighted by atomic mass is 10.1. The van der Waals surface area contributed by atoms with Gasteiger partial charge in [0.1, 0.15) is 0 Å². The summed E-state index contributed by atoms with van der Waals surface area (Å²) in [6, 6.07) is 0.386. The molecule has 0 aromatic heterocycles. The second-order valence-corrected chi connectivity index (χ2v) is 5.44. The predicted molar refractivity (Wildman–Crippen MR) is 78.1 cm³/mol. The minimum atomic E-state index is 0.104. The number of carbonyl (C=O) groups is 1. The van der Waals surface area contributed by atoms with Crippen molar-refractivity contribution in [3.05, 3.63) is 12.2 Å². The summed E-state index contributed by atoms with van der Waals surface area (Å²) in [6.07, 6.45) is 7.37. The van der Waals surface area contributed by atoms with E-state index in [1.165, 1.54) is 25.7 Å². The molecule has 0 aliphatic heterocycles. The van der Waals surface area contributed by atoms with Crippen LogP contribution in [0.2, 0.25) is 0 Å². The molecule has 0 bridgehead atoms. The van der Waals surface area contributed by atoms with E-state index in [1.807, 2.05) is 6.92 Å². The van der Waals surface area contributed by atoms with Gasteiger partial charge in [-0.15, -0.1) is 0 Å². The molecule has 1 rings (SSSR count). The lowest BCUT2D eigenvalue weighted by Crippen LogP contribution is -2.40. The van der Waals surface area contributed by atoms with Crippen molar-refractivity contribution in [3.63, 3.8) is 0 Å². The second-order valence-electron chi connectivity index (χ2n) is 5.44. The molecule has 1 aliphatic rings. The number of nitrogens with one attached hydrogen (secondary N) is 2. The number of carbonyl (C=O) groups excluding carboxylic acids is 1. The van der Waals surface area contributed by atoms with E-state index in [9.17, 15) is 4.79 Å². The Kier molecular flexibility index (Phi) is 8.50. The van der Waals surface area contributed by atoms with Gasteiger partial charge in [0.2, 0.25) is 5.91 Å². The molecule has 19 heavy (non-hydrogen) atoms. The first-order valence-electron chi connectivity index (χ1n) is 7.40. The highest BCUT2D eigenvalue weighted by molar-refractivity contribution is 5.78. The van der Waals surface area contributed by atoms with Crippen LogP contribution in [0.3, 0.4) is 0 Å². The maximum Gasteiger partial charge on any atom is 0.234 e. The van der Waals surface area contributed by atoms with Gasteiger partial charge in [-0.25, -0.2) is 0 Å². The Bertz CT molecular complexity index is 271. The van der Waals surface area contributed by atoms with Crippen LogP contribution in [0.25, 0.3) is 0 Å². The summed E-state index contributed by atoms with van der Waals surface area (Å²) < 4.78 is 5.35. The molecule has 0 heterocycles. The van der Waals surface area contributed by atoms with Gasteiger partial charge in [-0.3, -0.25) is 4.79 Å². The summed E-state index contributed by atoms with van der Waals surface area (Å²) >= 11 is 0. The first kappa shape index (κ1) is 16.2. The molecule has 0 atom stereocenters. The molecule has 110 valence electrons. The first-order chi connectivity index (χ1) is 9.18. The largest absolute Gasteiger partial charge is 0.376 e. The molecule has 4 heteroatoms. The smallest absolute Gasteiger partial charge is 0.234 e.